The van der Waals surface area contributed by atoms with Crippen molar-refractivity contribution in [3.05, 3.63) is 76.8 Å². The SMILES string of the molecule is O=[N+]([O-])c1cccc(-c2ccc(-c3nc4c(ccc5cc(S(=O)(=O)O)cc(O)c54)[nH]3)c(O)c2)c1. The van der Waals surface area contributed by atoms with E-state index in [1.807, 2.05) is 0 Å². The van der Waals surface area contributed by atoms with Gasteiger partial charge < -0.3 is 15.2 Å². The molecule has 5 aromatic rings. The number of hydrogen-bond donors (Lipinski definition) is 4. The second-order valence-electron chi connectivity index (χ2n) is 7.60. The van der Waals surface area contributed by atoms with E-state index < -0.39 is 19.9 Å². The maximum atomic E-state index is 11.5. The molecule has 0 atom stereocenters. The van der Waals surface area contributed by atoms with E-state index in [2.05, 4.69) is 9.97 Å². The number of phenolic OH excluding ortho intramolecular Hbond substituents is 2. The molecular weight excluding hydrogens is 462 g/mol. The summed E-state index contributed by atoms with van der Waals surface area (Å²) >= 11 is 0. The van der Waals surface area contributed by atoms with E-state index in [0.717, 1.165) is 6.07 Å². The highest BCUT2D eigenvalue weighted by atomic mass is 32.2. The Morgan fingerprint density at radius 1 is 0.912 bits per heavy atom. The fourth-order valence-corrected chi connectivity index (χ4v) is 4.41. The molecule has 0 bridgehead atoms. The van der Waals surface area contributed by atoms with Crippen LogP contribution in [0.2, 0.25) is 0 Å². The van der Waals surface area contributed by atoms with Crippen LogP contribution in [0.1, 0.15) is 0 Å². The number of nitro benzene ring substituents is 1. The Bertz CT molecular complexity index is 1740. The number of fused-ring (bicyclic) bond motifs is 3. The van der Waals surface area contributed by atoms with E-state index in [4.69, 9.17) is 0 Å². The van der Waals surface area contributed by atoms with E-state index in [-0.39, 0.29) is 22.6 Å². The van der Waals surface area contributed by atoms with Crippen LogP contribution in [0.3, 0.4) is 0 Å². The molecule has 0 spiro atoms. The minimum atomic E-state index is -4.51. The lowest BCUT2D eigenvalue weighted by Gasteiger charge is -2.06. The van der Waals surface area contributed by atoms with E-state index in [1.54, 1.807) is 36.4 Å². The average molecular weight is 477 g/mol. The van der Waals surface area contributed by atoms with Gasteiger partial charge in [-0.2, -0.15) is 8.42 Å². The predicted molar refractivity (Wildman–Crippen MR) is 124 cm³/mol. The van der Waals surface area contributed by atoms with Gasteiger partial charge in [-0.05, 0) is 40.8 Å². The molecular formula is C23H15N3O7S. The van der Waals surface area contributed by atoms with Crippen molar-refractivity contribution in [1.29, 1.82) is 0 Å². The third-order valence-corrected chi connectivity index (χ3v) is 6.29. The summed E-state index contributed by atoms with van der Waals surface area (Å²) < 4.78 is 32.2. The van der Waals surface area contributed by atoms with E-state index in [0.29, 0.717) is 38.9 Å². The molecule has 0 aliphatic heterocycles. The number of H-pyrrole nitrogens is 1. The Morgan fingerprint density at radius 3 is 2.38 bits per heavy atom. The third kappa shape index (κ3) is 3.58. The van der Waals surface area contributed by atoms with Crippen molar-refractivity contribution in [3.8, 4) is 34.0 Å². The number of rotatable bonds is 4. The zero-order valence-electron chi connectivity index (χ0n) is 17.1. The summed E-state index contributed by atoms with van der Waals surface area (Å²) in [7, 11) is -4.51. The summed E-state index contributed by atoms with van der Waals surface area (Å²) in [5, 5.41) is 32.8. The van der Waals surface area contributed by atoms with Crippen LogP contribution in [0.25, 0.3) is 44.3 Å². The molecule has 0 fully saturated rings. The molecule has 0 aliphatic carbocycles. The van der Waals surface area contributed by atoms with Crippen molar-refractivity contribution in [2.75, 3.05) is 0 Å². The second kappa shape index (κ2) is 7.54. The first-order valence-corrected chi connectivity index (χ1v) is 11.3. The lowest BCUT2D eigenvalue weighted by molar-refractivity contribution is -0.384. The van der Waals surface area contributed by atoms with Gasteiger partial charge in [0.2, 0.25) is 0 Å². The van der Waals surface area contributed by atoms with E-state index >= 15 is 0 Å². The lowest BCUT2D eigenvalue weighted by Crippen LogP contribution is -1.97. The molecule has 4 aromatic carbocycles. The summed E-state index contributed by atoms with van der Waals surface area (Å²) in [6.45, 7) is 0. The van der Waals surface area contributed by atoms with Gasteiger partial charge in [-0.25, -0.2) is 4.98 Å². The lowest BCUT2D eigenvalue weighted by atomic mass is 10.0. The summed E-state index contributed by atoms with van der Waals surface area (Å²) in [5.41, 5.74) is 2.29. The number of benzene rings is 4. The van der Waals surface area contributed by atoms with Gasteiger partial charge in [-0.15, -0.1) is 0 Å². The average Bonchev–Trinajstić information content (AvgIpc) is 3.22. The van der Waals surface area contributed by atoms with E-state index in [9.17, 15) is 33.3 Å². The van der Waals surface area contributed by atoms with Gasteiger partial charge in [0.1, 0.15) is 22.8 Å². The maximum absolute atomic E-state index is 11.5. The maximum Gasteiger partial charge on any atom is 0.294 e. The molecule has 10 nitrogen and oxygen atoms in total. The van der Waals surface area contributed by atoms with Crippen molar-refractivity contribution < 1.29 is 28.1 Å². The predicted octanol–water partition coefficient (Wildman–Crippen LogP) is 4.62. The monoisotopic (exact) mass is 477 g/mol. The summed E-state index contributed by atoms with van der Waals surface area (Å²) in [6.07, 6.45) is 0. The first-order chi connectivity index (χ1) is 16.1. The number of non-ortho nitro benzene ring substituents is 1. The molecule has 0 saturated carbocycles. The number of imidazole rings is 1. The second-order valence-corrected chi connectivity index (χ2v) is 9.02. The highest BCUT2D eigenvalue weighted by Crippen LogP contribution is 2.37. The zero-order valence-corrected chi connectivity index (χ0v) is 17.9. The van der Waals surface area contributed by atoms with Crippen LogP contribution in [-0.4, -0.2) is 38.1 Å². The highest BCUT2D eigenvalue weighted by Gasteiger charge is 2.18. The van der Waals surface area contributed by atoms with Crippen molar-refractivity contribution in [2.24, 2.45) is 0 Å². The number of nitrogens with zero attached hydrogens (tertiary/aromatic N) is 2. The Morgan fingerprint density at radius 2 is 1.68 bits per heavy atom. The molecule has 0 aliphatic rings. The van der Waals surface area contributed by atoms with Gasteiger partial charge in [-0.1, -0.05) is 24.3 Å². The highest BCUT2D eigenvalue weighted by molar-refractivity contribution is 7.85. The molecule has 34 heavy (non-hydrogen) atoms. The van der Waals surface area contributed by atoms with Crippen LogP contribution >= 0.6 is 0 Å². The van der Waals surface area contributed by atoms with Gasteiger partial charge in [0, 0.05) is 18.2 Å². The fraction of sp³-hybridized carbons (Fsp3) is 0. The first kappa shape index (κ1) is 21.4. The van der Waals surface area contributed by atoms with Crippen LogP contribution in [0.4, 0.5) is 5.69 Å². The van der Waals surface area contributed by atoms with Gasteiger partial charge >= 0.3 is 0 Å². The van der Waals surface area contributed by atoms with Crippen LogP contribution in [-0.2, 0) is 10.1 Å². The standard InChI is InChI=1S/C23H15N3O7S/c27-19-10-13(12-2-1-3-15(8-12)26(29)30)4-6-17(19)23-24-18-7-5-14-9-16(34(31,32)33)11-20(28)21(14)22(18)25-23/h1-11,27-28H,(H,24,25)(H,31,32,33). The van der Waals surface area contributed by atoms with Crippen molar-refractivity contribution in [3.63, 3.8) is 0 Å². The number of hydrogen-bond acceptors (Lipinski definition) is 7. The largest absolute Gasteiger partial charge is 0.507 e. The topological polar surface area (TPSA) is 167 Å². The first-order valence-electron chi connectivity index (χ1n) is 9.83. The summed E-state index contributed by atoms with van der Waals surface area (Å²) in [4.78, 5) is 17.7. The number of aromatic amines is 1. The van der Waals surface area contributed by atoms with Gasteiger partial charge in [0.05, 0.1) is 26.3 Å². The molecule has 0 amide bonds. The molecule has 5 rings (SSSR count). The smallest absolute Gasteiger partial charge is 0.294 e. The van der Waals surface area contributed by atoms with Gasteiger partial charge in [0.15, 0.2) is 0 Å². The van der Waals surface area contributed by atoms with Crippen molar-refractivity contribution in [2.45, 2.75) is 4.90 Å². The molecule has 0 radical (unpaired) electrons. The minimum Gasteiger partial charge on any atom is -0.507 e. The van der Waals surface area contributed by atoms with Gasteiger partial charge in [-0.3, -0.25) is 14.7 Å². The number of aromatic nitrogens is 2. The molecule has 1 heterocycles. The molecule has 0 saturated heterocycles. The van der Waals surface area contributed by atoms with E-state index in [1.165, 1.54) is 24.3 Å². The van der Waals surface area contributed by atoms with Crippen LogP contribution < -0.4 is 0 Å². The number of aromatic hydroxyl groups is 2. The zero-order chi connectivity index (χ0) is 24.2. The van der Waals surface area contributed by atoms with Crippen molar-refractivity contribution in [1.82, 2.24) is 9.97 Å². The number of phenols is 2. The van der Waals surface area contributed by atoms with Crippen LogP contribution in [0.5, 0.6) is 11.5 Å². The minimum absolute atomic E-state index is 0.0674. The fourth-order valence-electron chi connectivity index (χ4n) is 3.87. The molecule has 4 N–H and O–H groups in total. The van der Waals surface area contributed by atoms with Crippen molar-refractivity contribution >= 4 is 37.6 Å². The Hall–Kier alpha value is -4.48. The number of nitrogens with one attached hydrogen (secondary N) is 1. The number of nitro groups is 1. The van der Waals surface area contributed by atoms with Gasteiger partial charge in [0.25, 0.3) is 15.8 Å². The Labute approximate surface area is 191 Å². The third-order valence-electron chi connectivity index (χ3n) is 5.46. The van der Waals surface area contributed by atoms with Crippen LogP contribution in [0, 0.1) is 10.1 Å². The van der Waals surface area contributed by atoms with Crippen LogP contribution in [0.15, 0.2) is 71.6 Å². The Balaban J connectivity index is 1.61. The normalized spacial score (nSPS) is 11.8. The summed E-state index contributed by atoms with van der Waals surface area (Å²) in [5.74, 6) is -0.201. The molecule has 11 heteroatoms. The Kier molecular flexibility index (Phi) is 4.74. The molecule has 1 aromatic heterocycles. The molecule has 170 valence electrons. The quantitative estimate of drug-likeness (QED) is 0.165. The molecule has 0 unspecified atom stereocenters. The summed E-state index contributed by atoms with van der Waals surface area (Å²) in [6, 6.07) is 16.2.